The van der Waals surface area contributed by atoms with Gasteiger partial charge in [-0.25, -0.2) is 0 Å². The van der Waals surface area contributed by atoms with Crippen molar-refractivity contribution in [3.63, 3.8) is 0 Å². The number of unbranched alkanes of at least 4 members (excludes halogenated alkanes) is 2. The Labute approximate surface area is 136 Å². The SMILES string of the molecule is CCCCC(O)(C#Cc1cccc(CCCN)c1)CCCC. The number of aryl methyl sites for hydroxylation is 1. The number of aliphatic hydroxyl groups is 1. The van der Waals surface area contributed by atoms with E-state index < -0.39 is 5.60 Å². The average Bonchev–Trinajstić information content (AvgIpc) is 2.55. The number of rotatable bonds is 9. The second-order valence-corrected chi connectivity index (χ2v) is 6.08. The van der Waals surface area contributed by atoms with E-state index in [1.807, 2.05) is 12.1 Å². The van der Waals surface area contributed by atoms with Gasteiger partial charge in [-0.2, -0.15) is 0 Å². The van der Waals surface area contributed by atoms with Gasteiger partial charge in [0, 0.05) is 5.56 Å². The molecule has 0 saturated carbocycles. The zero-order chi connectivity index (χ0) is 16.3. The summed E-state index contributed by atoms with van der Waals surface area (Å²) in [4.78, 5) is 0. The van der Waals surface area contributed by atoms with Gasteiger partial charge in [-0.15, -0.1) is 0 Å². The number of nitrogens with two attached hydrogens (primary N) is 1. The van der Waals surface area contributed by atoms with Crippen LogP contribution in [0.3, 0.4) is 0 Å². The van der Waals surface area contributed by atoms with E-state index in [0.717, 1.165) is 56.9 Å². The summed E-state index contributed by atoms with van der Waals surface area (Å²) < 4.78 is 0. The third kappa shape index (κ3) is 7.11. The van der Waals surface area contributed by atoms with E-state index in [4.69, 9.17) is 5.73 Å². The summed E-state index contributed by atoms with van der Waals surface area (Å²) in [6.45, 7) is 5.01. The van der Waals surface area contributed by atoms with Gasteiger partial charge in [0.1, 0.15) is 5.60 Å². The first kappa shape index (κ1) is 18.7. The van der Waals surface area contributed by atoms with Crippen LogP contribution in [0.15, 0.2) is 24.3 Å². The lowest BCUT2D eigenvalue weighted by Gasteiger charge is -2.21. The Hall–Kier alpha value is -1.30. The van der Waals surface area contributed by atoms with Crippen molar-refractivity contribution in [3.05, 3.63) is 35.4 Å². The average molecular weight is 301 g/mol. The lowest BCUT2D eigenvalue weighted by Crippen LogP contribution is -2.26. The van der Waals surface area contributed by atoms with Crippen molar-refractivity contribution in [1.82, 2.24) is 0 Å². The van der Waals surface area contributed by atoms with Gasteiger partial charge in [-0.1, -0.05) is 50.7 Å². The summed E-state index contributed by atoms with van der Waals surface area (Å²) in [5.74, 6) is 6.33. The van der Waals surface area contributed by atoms with Crippen molar-refractivity contribution in [3.8, 4) is 11.8 Å². The van der Waals surface area contributed by atoms with Gasteiger partial charge in [-0.05, 0) is 62.8 Å². The molecule has 3 N–H and O–H groups in total. The molecule has 0 radical (unpaired) electrons. The molecule has 2 heteroatoms. The molecule has 0 aliphatic rings. The zero-order valence-electron chi connectivity index (χ0n) is 14.2. The fraction of sp³-hybridized carbons (Fsp3) is 0.600. The highest BCUT2D eigenvalue weighted by atomic mass is 16.3. The maximum atomic E-state index is 10.8. The van der Waals surface area contributed by atoms with Crippen molar-refractivity contribution in [2.45, 2.75) is 70.8 Å². The molecule has 1 aromatic rings. The molecule has 0 saturated heterocycles. The highest BCUT2D eigenvalue weighted by molar-refractivity contribution is 5.38. The fourth-order valence-electron chi connectivity index (χ4n) is 2.49. The summed E-state index contributed by atoms with van der Waals surface area (Å²) in [5.41, 5.74) is 6.98. The van der Waals surface area contributed by atoms with Gasteiger partial charge >= 0.3 is 0 Å². The van der Waals surface area contributed by atoms with Gasteiger partial charge in [-0.3, -0.25) is 0 Å². The standard InChI is InChI=1S/C20H31NO/c1-3-5-13-20(22,14-6-4-2)15-12-19-10-7-9-18(17-19)11-8-16-21/h7,9-10,17,22H,3-6,8,11,13-14,16,21H2,1-2H3. The molecule has 0 bridgehead atoms. The first-order valence-corrected chi connectivity index (χ1v) is 8.68. The maximum absolute atomic E-state index is 10.8. The first-order valence-electron chi connectivity index (χ1n) is 8.68. The fourth-order valence-corrected chi connectivity index (χ4v) is 2.49. The Morgan fingerprint density at radius 1 is 1.09 bits per heavy atom. The molecule has 1 rings (SSSR count). The van der Waals surface area contributed by atoms with E-state index in [9.17, 15) is 5.11 Å². The third-order valence-corrected chi connectivity index (χ3v) is 3.92. The van der Waals surface area contributed by atoms with Crippen molar-refractivity contribution in [2.24, 2.45) is 5.73 Å². The van der Waals surface area contributed by atoms with Crippen LogP contribution in [0.4, 0.5) is 0 Å². The largest absolute Gasteiger partial charge is 0.378 e. The Morgan fingerprint density at radius 3 is 2.36 bits per heavy atom. The van der Waals surface area contributed by atoms with Crippen LogP contribution < -0.4 is 5.73 Å². The molecule has 0 aromatic heterocycles. The summed E-state index contributed by atoms with van der Waals surface area (Å²) in [6, 6.07) is 8.27. The topological polar surface area (TPSA) is 46.2 Å². The van der Waals surface area contributed by atoms with E-state index in [-0.39, 0.29) is 0 Å². The second kappa shape index (κ2) is 10.4. The van der Waals surface area contributed by atoms with Crippen LogP contribution in [0.25, 0.3) is 0 Å². The number of benzene rings is 1. The molecule has 1 aromatic carbocycles. The molecule has 0 fully saturated rings. The predicted octanol–water partition coefficient (Wildman–Crippen LogP) is 4.04. The van der Waals surface area contributed by atoms with Crippen molar-refractivity contribution in [2.75, 3.05) is 6.54 Å². The zero-order valence-corrected chi connectivity index (χ0v) is 14.2. The van der Waals surface area contributed by atoms with Crippen molar-refractivity contribution < 1.29 is 5.11 Å². The molecule has 22 heavy (non-hydrogen) atoms. The molecule has 0 spiro atoms. The lowest BCUT2D eigenvalue weighted by atomic mass is 9.91. The number of hydrogen-bond acceptors (Lipinski definition) is 2. The summed E-state index contributed by atoms with van der Waals surface area (Å²) in [6.07, 6.45) is 7.73. The number of hydrogen-bond donors (Lipinski definition) is 2. The highest BCUT2D eigenvalue weighted by Gasteiger charge is 2.22. The first-order chi connectivity index (χ1) is 10.6. The predicted molar refractivity (Wildman–Crippen MR) is 94.7 cm³/mol. The molecule has 122 valence electrons. The van der Waals surface area contributed by atoms with Gasteiger partial charge in [0.25, 0.3) is 0 Å². The smallest absolute Gasteiger partial charge is 0.125 e. The summed E-state index contributed by atoms with van der Waals surface area (Å²) >= 11 is 0. The van der Waals surface area contributed by atoms with E-state index >= 15 is 0 Å². The van der Waals surface area contributed by atoms with Crippen molar-refractivity contribution in [1.29, 1.82) is 0 Å². The quantitative estimate of drug-likeness (QED) is 0.676. The molecule has 0 aliphatic heterocycles. The summed E-state index contributed by atoms with van der Waals surface area (Å²) in [5, 5.41) is 10.8. The van der Waals surface area contributed by atoms with E-state index in [1.165, 1.54) is 5.56 Å². The van der Waals surface area contributed by atoms with E-state index in [0.29, 0.717) is 6.54 Å². The summed E-state index contributed by atoms with van der Waals surface area (Å²) in [7, 11) is 0. The highest BCUT2D eigenvalue weighted by Crippen LogP contribution is 2.21. The normalized spacial score (nSPS) is 11.1. The lowest BCUT2D eigenvalue weighted by molar-refractivity contribution is 0.0774. The van der Waals surface area contributed by atoms with Crippen molar-refractivity contribution >= 4 is 0 Å². The molecule has 0 aliphatic carbocycles. The van der Waals surface area contributed by atoms with Gasteiger partial charge in [0.2, 0.25) is 0 Å². The molecule has 0 amide bonds. The van der Waals surface area contributed by atoms with Gasteiger partial charge in [0.15, 0.2) is 0 Å². The monoisotopic (exact) mass is 301 g/mol. The molecular formula is C20H31NO. The van der Waals surface area contributed by atoms with E-state index in [1.54, 1.807) is 0 Å². The van der Waals surface area contributed by atoms with Crippen LogP contribution in [0.1, 0.15) is 69.9 Å². The van der Waals surface area contributed by atoms with Crippen LogP contribution in [0.5, 0.6) is 0 Å². The van der Waals surface area contributed by atoms with Crippen LogP contribution in [-0.4, -0.2) is 17.3 Å². The Kier molecular flexibility index (Phi) is 8.89. The minimum atomic E-state index is -0.834. The minimum Gasteiger partial charge on any atom is -0.378 e. The van der Waals surface area contributed by atoms with E-state index in [2.05, 4.69) is 37.8 Å². The van der Waals surface area contributed by atoms with Crippen LogP contribution in [-0.2, 0) is 6.42 Å². The molecule has 0 unspecified atom stereocenters. The van der Waals surface area contributed by atoms with Crippen LogP contribution in [0.2, 0.25) is 0 Å². The molecular weight excluding hydrogens is 270 g/mol. The molecule has 0 atom stereocenters. The Morgan fingerprint density at radius 2 is 1.77 bits per heavy atom. The van der Waals surface area contributed by atoms with Gasteiger partial charge in [0.05, 0.1) is 0 Å². The Balaban J connectivity index is 2.82. The Bertz CT molecular complexity index is 476. The van der Waals surface area contributed by atoms with Crippen LogP contribution >= 0.6 is 0 Å². The third-order valence-electron chi connectivity index (χ3n) is 3.92. The molecule has 0 heterocycles. The molecule has 2 nitrogen and oxygen atoms in total. The minimum absolute atomic E-state index is 0.712. The second-order valence-electron chi connectivity index (χ2n) is 6.08. The van der Waals surface area contributed by atoms with Crippen LogP contribution in [0, 0.1) is 11.8 Å². The van der Waals surface area contributed by atoms with Gasteiger partial charge < -0.3 is 10.8 Å². The maximum Gasteiger partial charge on any atom is 0.125 e.